The Hall–Kier alpha value is -4.24. The molecule has 1 amide bonds. The Balaban J connectivity index is 1.42. The Morgan fingerprint density at radius 2 is 1.67 bits per heavy atom. The van der Waals surface area contributed by atoms with Crippen LogP contribution in [0.2, 0.25) is 0 Å². The highest BCUT2D eigenvalue weighted by Gasteiger charge is 2.14. The smallest absolute Gasteiger partial charge is 0.271 e. The molecule has 9 heteroatoms. The number of anilines is 1. The molecule has 166 valence electrons. The van der Waals surface area contributed by atoms with Gasteiger partial charge in [-0.3, -0.25) is 14.3 Å². The highest BCUT2D eigenvalue weighted by Crippen LogP contribution is 2.17. The topological polar surface area (TPSA) is 120 Å². The molecule has 0 fully saturated rings. The Labute approximate surface area is 190 Å². The summed E-state index contributed by atoms with van der Waals surface area (Å²) < 4.78 is 27.4. The van der Waals surface area contributed by atoms with Crippen LogP contribution in [0.3, 0.4) is 0 Å². The van der Waals surface area contributed by atoms with Crippen molar-refractivity contribution in [3.05, 3.63) is 106 Å². The fourth-order valence-electron chi connectivity index (χ4n) is 3.11. The van der Waals surface area contributed by atoms with Crippen LogP contribution in [0.1, 0.15) is 21.5 Å². The number of sulfonamides is 1. The third-order valence-corrected chi connectivity index (χ3v) is 6.28. The molecule has 0 atom stereocenters. The van der Waals surface area contributed by atoms with Gasteiger partial charge in [0.25, 0.3) is 21.5 Å². The molecule has 0 saturated heterocycles. The van der Waals surface area contributed by atoms with Gasteiger partial charge in [-0.25, -0.2) is 13.8 Å². The average Bonchev–Trinajstić information content (AvgIpc) is 2.80. The second-order valence-corrected chi connectivity index (χ2v) is 9.02. The molecule has 33 heavy (non-hydrogen) atoms. The number of nitrogens with one attached hydrogen (secondary N) is 3. The van der Waals surface area contributed by atoms with Crippen LogP contribution >= 0.6 is 0 Å². The molecule has 4 aromatic rings. The second-order valence-electron chi connectivity index (χ2n) is 7.34. The van der Waals surface area contributed by atoms with E-state index < -0.39 is 15.9 Å². The molecule has 0 saturated carbocycles. The Bertz CT molecular complexity index is 1510. The summed E-state index contributed by atoms with van der Waals surface area (Å²) in [4.78, 5) is 27.4. The maximum absolute atomic E-state index is 12.5. The minimum absolute atomic E-state index is 0.146. The van der Waals surface area contributed by atoms with E-state index in [0.717, 1.165) is 10.9 Å². The molecule has 0 unspecified atom stereocenters. The van der Waals surface area contributed by atoms with Gasteiger partial charge in [0, 0.05) is 16.8 Å². The predicted octanol–water partition coefficient (Wildman–Crippen LogP) is 3.40. The molecule has 3 N–H and O–H groups in total. The Kier molecular flexibility index (Phi) is 6.05. The number of pyridine rings is 1. The number of carbonyl (C=O) groups excluding carboxylic acids is 1. The van der Waals surface area contributed by atoms with Gasteiger partial charge in [0.05, 0.1) is 16.7 Å². The summed E-state index contributed by atoms with van der Waals surface area (Å²) in [5.41, 5.74) is 4.60. The number of aromatic amines is 1. The minimum Gasteiger partial charge on any atom is -0.321 e. The molecule has 0 aliphatic rings. The fraction of sp³-hybridized carbons (Fsp3) is 0.0417. The summed E-state index contributed by atoms with van der Waals surface area (Å²) in [7, 11) is -3.73. The van der Waals surface area contributed by atoms with Crippen LogP contribution in [-0.2, 0) is 10.0 Å². The zero-order valence-corrected chi connectivity index (χ0v) is 18.4. The zero-order valence-electron chi connectivity index (χ0n) is 17.6. The molecule has 0 aliphatic carbocycles. The molecule has 1 aromatic heterocycles. The van der Waals surface area contributed by atoms with Crippen LogP contribution in [-0.4, -0.2) is 25.5 Å². The number of benzene rings is 3. The predicted molar refractivity (Wildman–Crippen MR) is 128 cm³/mol. The lowest BCUT2D eigenvalue weighted by molar-refractivity contribution is 0.0955. The van der Waals surface area contributed by atoms with Crippen LogP contribution in [0.25, 0.3) is 10.9 Å². The van der Waals surface area contributed by atoms with Gasteiger partial charge in [-0.05, 0) is 60.8 Å². The van der Waals surface area contributed by atoms with Gasteiger partial charge in [0.1, 0.15) is 0 Å². The van der Waals surface area contributed by atoms with Gasteiger partial charge in [-0.15, -0.1) is 0 Å². The van der Waals surface area contributed by atoms with E-state index in [4.69, 9.17) is 0 Å². The molecular weight excluding hydrogens is 440 g/mol. The summed E-state index contributed by atoms with van der Waals surface area (Å²) in [6, 6.07) is 21.4. The van der Waals surface area contributed by atoms with Gasteiger partial charge in [-0.2, -0.15) is 5.10 Å². The molecule has 0 bridgehead atoms. The third-order valence-electron chi connectivity index (χ3n) is 4.88. The maximum atomic E-state index is 12.5. The van der Waals surface area contributed by atoms with Crippen LogP contribution in [0.5, 0.6) is 0 Å². The Morgan fingerprint density at radius 3 is 2.39 bits per heavy atom. The average molecular weight is 461 g/mol. The number of rotatable bonds is 6. The number of carbonyl (C=O) groups is 1. The molecule has 4 rings (SSSR count). The summed E-state index contributed by atoms with van der Waals surface area (Å²) in [6.07, 6.45) is 1.27. The van der Waals surface area contributed by atoms with Crippen molar-refractivity contribution < 1.29 is 13.2 Å². The zero-order chi connectivity index (χ0) is 23.4. The highest BCUT2D eigenvalue weighted by molar-refractivity contribution is 7.92. The molecule has 0 spiro atoms. The van der Waals surface area contributed by atoms with E-state index >= 15 is 0 Å². The van der Waals surface area contributed by atoms with Gasteiger partial charge in [-0.1, -0.05) is 35.9 Å². The lowest BCUT2D eigenvalue weighted by atomic mass is 10.2. The van der Waals surface area contributed by atoms with E-state index in [-0.39, 0.29) is 16.0 Å². The van der Waals surface area contributed by atoms with Crippen molar-refractivity contribution in [3.8, 4) is 0 Å². The SMILES string of the molecule is Cc1ccc(S(=O)(=O)Nc2ccc(C(=O)N/N=C\c3cc4ccccc4[nH]c3=O)cc2)cc1. The first-order chi connectivity index (χ1) is 15.8. The van der Waals surface area contributed by atoms with Crippen LogP contribution in [0, 0.1) is 6.92 Å². The van der Waals surface area contributed by atoms with Crippen molar-refractivity contribution in [2.24, 2.45) is 5.10 Å². The largest absolute Gasteiger partial charge is 0.321 e. The van der Waals surface area contributed by atoms with Gasteiger partial charge < -0.3 is 4.98 Å². The second kappa shape index (κ2) is 9.09. The molecule has 3 aromatic carbocycles. The quantitative estimate of drug-likeness (QED) is 0.302. The summed E-state index contributed by atoms with van der Waals surface area (Å²) in [5, 5.41) is 4.70. The monoisotopic (exact) mass is 460 g/mol. The van der Waals surface area contributed by atoms with E-state index in [1.807, 2.05) is 25.1 Å². The van der Waals surface area contributed by atoms with Crippen molar-refractivity contribution in [1.82, 2.24) is 10.4 Å². The normalized spacial score (nSPS) is 11.5. The number of para-hydroxylation sites is 1. The number of aryl methyl sites for hydroxylation is 1. The van der Waals surface area contributed by atoms with Crippen molar-refractivity contribution in [2.75, 3.05) is 4.72 Å². The number of amides is 1. The van der Waals surface area contributed by atoms with E-state index in [9.17, 15) is 18.0 Å². The lowest BCUT2D eigenvalue weighted by Crippen LogP contribution is -2.19. The van der Waals surface area contributed by atoms with Gasteiger partial charge in [0.2, 0.25) is 0 Å². The third kappa shape index (κ3) is 5.16. The number of hydrazone groups is 1. The number of H-pyrrole nitrogens is 1. The number of aromatic nitrogens is 1. The van der Waals surface area contributed by atoms with Crippen LogP contribution < -0.4 is 15.7 Å². The van der Waals surface area contributed by atoms with E-state index in [1.54, 1.807) is 24.3 Å². The van der Waals surface area contributed by atoms with E-state index in [2.05, 4.69) is 20.2 Å². The number of nitrogens with zero attached hydrogens (tertiary/aromatic N) is 1. The first-order valence-electron chi connectivity index (χ1n) is 9.97. The molecule has 0 aliphatic heterocycles. The van der Waals surface area contributed by atoms with E-state index in [0.29, 0.717) is 16.8 Å². The number of hydrogen-bond donors (Lipinski definition) is 3. The van der Waals surface area contributed by atoms with E-state index in [1.165, 1.54) is 42.6 Å². The van der Waals surface area contributed by atoms with Crippen molar-refractivity contribution in [2.45, 2.75) is 11.8 Å². The van der Waals surface area contributed by atoms with Gasteiger partial charge >= 0.3 is 0 Å². The highest BCUT2D eigenvalue weighted by atomic mass is 32.2. The van der Waals surface area contributed by atoms with Crippen molar-refractivity contribution >= 4 is 38.7 Å². The molecule has 8 nitrogen and oxygen atoms in total. The molecular formula is C24H20N4O4S. The van der Waals surface area contributed by atoms with Crippen LogP contribution in [0.15, 0.2) is 93.7 Å². The van der Waals surface area contributed by atoms with Crippen molar-refractivity contribution in [1.29, 1.82) is 0 Å². The number of fused-ring (bicyclic) bond motifs is 1. The minimum atomic E-state index is -3.73. The first kappa shape index (κ1) is 22.0. The summed E-state index contributed by atoms with van der Waals surface area (Å²) in [5.74, 6) is -0.503. The maximum Gasteiger partial charge on any atom is 0.271 e. The fourth-order valence-corrected chi connectivity index (χ4v) is 4.16. The Morgan fingerprint density at radius 1 is 0.970 bits per heavy atom. The summed E-state index contributed by atoms with van der Waals surface area (Å²) >= 11 is 0. The standard InChI is InChI=1S/C24H20N4O4S/c1-16-6-12-21(13-7-16)33(31,32)28-20-10-8-17(9-11-20)24(30)27-25-15-19-14-18-4-2-3-5-22(18)26-23(19)29/h2-15,28H,1H3,(H,26,29)(H,27,30)/b25-15-. The molecule has 0 radical (unpaired) electrons. The molecule has 1 heterocycles. The lowest BCUT2D eigenvalue weighted by Gasteiger charge is -2.09. The van der Waals surface area contributed by atoms with Crippen LogP contribution in [0.4, 0.5) is 5.69 Å². The first-order valence-corrected chi connectivity index (χ1v) is 11.5. The number of hydrogen-bond acceptors (Lipinski definition) is 5. The van der Waals surface area contributed by atoms with Crippen molar-refractivity contribution in [3.63, 3.8) is 0 Å². The van der Waals surface area contributed by atoms with Gasteiger partial charge in [0.15, 0.2) is 0 Å². The summed E-state index contributed by atoms with van der Waals surface area (Å²) in [6.45, 7) is 1.87.